The molecule has 26 heavy (non-hydrogen) atoms. The van der Waals surface area contributed by atoms with E-state index in [1.54, 1.807) is 12.1 Å². The van der Waals surface area contributed by atoms with Gasteiger partial charge in [0.2, 0.25) is 0 Å². The smallest absolute Gasteiger partial charge is 0.294 e. The SMILES string of the molecule is Cc1cc(N2CCN(c3ccc(Cl)cc3[N+](=O)[O-])CC2)nc(C(C)C)n1. The third-order valence-electron chi connectivity index (χ3n) is 4.45. The number of aryl methyl sites for hydroxylation is 1. The van der Waals surface area contributed by atoms with E-state index < -0.39 is 0 Å². The van der Waals surface area contributed by atoms with E-state index in [2.05, 4.69) is 28.7 Å². The molecular weight excluding hydrogens is 354 g/mol. The molecule has 0 amide bonds. The van der Waals surface area contributed by atoms with Gasteiger partial charge in [-0.2, -0.15) is 0 Å². The molecule has 7 nitrogen and oxygen atoms in total. The summed E-state index contributed by atoms with van der Waals surface area (Å²) in [5, 5.41) is 11.7. The number of aromatic nitrogens is 2. The van der Waals surface area contributed by atoms with Gasteiger partial charge < -0.3 is 9.80 Å². The first-order valence-corrected chi connectivity index (χ1v) is 9.02. The first-order chi connectivity index (χ1) is 12.3. The molecule has 2 aromatic rings. The lowest BCUT2D eigenvalue weighted by Crippen LogP contribution is -2.47. The fraction of sp³-hybridized carbons (Fsp3) is 0.444. The summed E-state index contributed by atoms with van der Waals surface area (Å²) in [6, 6.07) is 6.82. The number of nitrogens with zero attached hydrogens (tertiary/aromatic N) is 5. The molecule has 0 atom stereocenters. The molecule has 0 bridgehead atoms. The maximum absolute atomic E-state index is 11.3. The highest BCUT2D eigenvalue weighted by Gasteiger charge is 2.25. The zero-order valence-electron chi connectivity index (χ0n) is 15.1. The summed E-state index contributed by atoms with van der Waals surface area (Å²) >= 11 is 5.91. The Morgan fingerprint density at radius 1 is 1.12 bits per heavy atom. The highest BCUT2D eigenvalue weighted by atomic mass is 35.5. The van der Waals surface area contributed by atoms with E-state index in [0.717, 1.165) is 30.4 Å². The minimum Gasteiger partial charge on any atom is -0.362 e. The van der Waals surface area contributed by atoms with Crippen molar-refractivity contribution >= 4 is 28.8 Å². The van der Waals surface area contributed by atoms with Crippen LogP contribution in [0.1, 0.15) is 31.3 Å². The molecule has 1 saturated heterocycles. The van der Waals surface area contributed by atoms with Crippen LogP contribution in [0.25, 0.3) is 0 Å². The number of nitro benzene ring substituents is 1. The second kappa shape index (κ2) is 7.45. The van der Waals surface area contributed by atoms with E-state index in [9.17, 15) is 10.1 Å². The molecular formula is C18H22ClN5O2. The quantitative estimate of drug-likeness (QED) is 0.597. The van der Waals surface area contributed by atoms with Gasteiger partial charge in [-0.15, -0.1) is 0 Å². The zero-order valence-corrected chi connectivity index (χ0v) is 15.9. The molecule has 0 radical (unpaired) electrons. The normalized spacial score (nSPS) is 14.8. The Morgan fingerprint density at radius 2 is 1.77 bits per heavy atom. The summed E-state index contributed by atoms with van der Waals surface area (Å²) in [7, 11) is 0. The van der Waals surface area contributed by atoms with Crippen molar-refractivity contribution in [2.75, 3.05) is 36.0 Å². The molecule has 8 heteroatoms. The van der Waals surface area contributed by atoms with Crippen molar-refractivity contribution in [2.45, 2.75) is 26.7 Å². The van der Waals surface area contributed by atoms with Crippen LogP contribution in [-0.2, 0) is 0 Å². The second-order valence-corrected chi connectivity index (χ2v) is 7.18. The Hall–Kier alpha value is -2.41. The first kappa shape index (κ1) is 18.4. The molecule has 2 heterocycles. The van der Waals surface area contributed by atoms with Crippen molar-refractivity contribution in [3.8, 4) is 0 Å². The van der Waals surface area contributed by atoms with E-state index >= 15 is 0 Å². The summed E-state index contributed by atoms with van der Waals surface area (Å²) in [5.74, 6) is 2.04. The van der Waals surface area contributed by atoms with E-state index in [1.807, 2.05) is 17.9 Å². The topological polar surface area (TPSA) is 75.4 Å². The van der Waals surface area contributed by atoms with Crippen molar-refractivity contribution in [3.63, 3.8) is 0 Å². The largest absolute Gasteiger partial charge is 0.362 e. The van der Waals surface area contributed by atoms with Crippen molar-refractivity contribution in [1.82, 2.24) is 9.97 Å². The van der Waals surface area contributed by atoms with E-state index in [-0.39, 0.29) is 16.5 Å². The second-order valence-electron chi connectivity index (χ2n) is 6.74. The van der Waals surface area contributed by atoms with Gasteiger partial charge in [-0.3, -0.25) is 10.1 Å². The lowest BCUT2D eigenvalue weighted by Gasteiger charge is -2.36. The van der Waals surface area contributed by atoms with Gasteiger partial charge in [-0.1, -0.05) is 25.4 Å². The van der Waals surface area contributed by atoms with Crippen LogP contribution in [0.4, 0.5) is 17.2 Å². The lowest BCUT2D eigenvalue weighted by molar-refractivity contribution is -0.384. The zero-order chi connectivity index (χ0) is 18.8. The number of hydrogen-bond donors (Lipinski definition) is 0. The Labute approximate surface area is 157 Å². The monoisotopic (exact) mass is 375 g/mol. The van der Waals surface area contributed by atoms with Crippen LogP contribution in [0, 0.1) is 17.0 Å². The van der Waals surface area contributed by atoms with Crippen LogP contribution >= 0.6 is 11.6 Å². The lowest BCUT2D eigenvalue weighted by atomic mass is 10.2. The molecule has 1 aromatic heterocycles. The van der Waals surface area contributed by atoms with Crippen molar-refractivity contribution in [3.05, 3.63) is 50.9 Å². The number of hydrogen-bond acceptors (Lipinski definition) is 6. The van der Waals surface area contributed by atoms with Crippen molar-refractivity contribution in [2.24, 2.45) is 0 Å². The molecule has 1 aliphatic heterocycles. The molecule has 3 rings (SSSR count). The highest BCUT2D eigenvalue weighted by Crippen LogP contribution is 2.32. The van der Waals surface area contributed by atoms with Crippen molar-refractivity contribution < 1.29 is 4.92 Å². The number of anilines is 2. The average Bonchev–Trinajstić information content (AvgIpc) is 2.61. The number of benzene rings is 1. The summed E-state index contributed by atoms with van der Waals surface area (Å²) in [4.78, 5) is 24.4. The standard InChI is InChI=1S/C18H22ClN5O2/c1-12(2)18-20-13(3)10-17(21-18)23-8-6-22(7-9-23)15-5-4-14(19)11-16(15)24(25)26/h4-5,10-12H,6-9H2,1-3H3. The number of nitro groups is 1. The number of rotatable bonds is 4. The summed E-state index contributed by atoms with van der Waals surface area (Å²) in [5.41, 5.74) is 1.61. The maximum atomic E-state index is 11.3. The molecule has 138 valence electrons. The summed E-state index contributed by atoms with van der Waals surface area (Å²) in [6.45, 7) is 8.99. The fourth-order valence-corrected chi connectivity index (χ4v) is 3.25. The Morgan fingerprint density at radius 3 is 2.38 bits per heavy atom. The van der Waals surface area contributed by atoms with Gasteiger partial charge >= 0.3 is 0 Å². The minimum absolute atomic E-state index is 0.0472. The molecule has 0 aliphatic carbocycles. The third kappa shape index (κ3) is 3.88. The maximum Gasteiger partial charge on any atom is 0.294 e. The van der Waals surface area contributed by atoms with Crippen LogP contribution in [0.5, 0.6) is 0 Å². The Balaban J connectivity index is 1.77. The fourth-order valence-electron chi connectivity index (χ4n) is 3.08. The van der Waals surface area contributed by atoms with Crippen LogP contribution in [0.15, 0.2) is 24.3 Å². The number of halogens is 1. The molecule has 1 fully saturated rings. The summed E-state index contributed by atoms with van der Waals surface area (Å²) in [6.07, 6.45) is 0. The predicted molar refractivity (Wildman–Crippen MR) is 103 cm³/mol. The van der Waals surface area contributed by atoms with Crippen LogP contribution in [0.3, 0.4) is 0 Å². The van der Waals surface area contributed by atoms with Gasteiger partial charge in [0.05, 0.1) is 4.92 Å². The van der Waals surface area contributed by atoms with E-state index in [0.29, 0.717) is 23.8 Å². The third-order valence-corrected chi connectivity index (χ3v) is 4.69. The molecule has 1 aromatic carbocycles. The van der Waals surface area contributed by atoms with Gasteiger partial charge in [-0.05, 0) is 19.1 Å². The van der Waals surface area contributed by atoms with Gasteiger partial charge in [0.15, 0.2) is 0 Å². The van der Waals surface area contributed by atoms with Gasteiger partial charge in [0.25, 0.3) is 5.69 Å². The van der Waals surface area contributed by atoms with Crippen LogP contribution < -0.4 is 9.80 Å². The molecule has 0 unspecified atom stereocenters. The Bertz CT molecular complexity index is 819. The first-order valence-electron chi connectivity index (χ1n) is 8.64. The van der Waals surface area contributed by atoms with Gasteiger partial charge in [0, 0.05) is 54.9 Å². The van der Waals surface area contributed by atoms with E-state index in [1.165, 1.54) is 6.07 Å². The molecule has 0 saturated carbocycles. The van der Waals surface area contributed by atoms with Gasteiger partial charge in [0.1, 0.15) is 17.3 Å². The van der Waals surface area contributed by atoms with Crippen LogP contribution in [-0.4, -0.2) is 41.1 Å². The Kier molecular flexibility index (Phi) is 5.27. The molecule has 0 N–H and O–H groups in total. The van der Waals surface area contributed by atoms with Crippen LogP contribution in [0.2, 0.25) is 5.02 Å². The predicted octanol–water partition coefficient (Wildman–Crippen LogP) is 3.80. The van der Waals surface area contributed by atoms with E-state index in [4.69, 9.17) is 11.6 Å². The molecule has 0 spiro atoms. The van der Waals surface area contributed by atoms with Gasteiger partial charge in [-0.25, -0.2) is 9.97 Å². The molecule has 1 aliphatic rings. The summed E-state index contributed by atoms with van der Waals surface area (Å²) < 4.78 is 0. The minimum atomic E-state index is -0.379. The number of piperazine rings is 1. The average molecular weight is 376 g/mol. The highest BCUT2D eigenvalue weighted by molar-refractivity contribution is 6.30. The van der Waals surface area contributed by atoms with Crippen molar-refractivity contribution in [1.29, 1.82) is 0 Å².